The number of hydrogen-bond donors (Lipinski definition) is 0. The summed E-state index contributed by atoms with van der Waals surface area (Å²) in [6.45, 7) is 1.96. The first-order valence-corrected chi connectivity index (χ1v) is 7.23. The largest absolute Gasteiger partial charge is 0.492 e. The number of aryl methyl sites for hydroxylation is 1. The zero-order valence-corrected chi connectivity index (χ0v) is 12.8. The maximum Gasteiger partial charge on any atom is 0.202 e. The smallest absolute Gasteiger partial charge is 0.202 e. The number of fused-ring (bicyclic) bond motifs is 1. The van der Waals surface area contributed by atoms with E-state index in [0.29, 0.717) is 23.2 Å². The van der Waals surface area contributed by atoms with Crippen molar-refractivity contribution in [3.63, 3.8) is 0 Å². The minimum atomic E-state index is -0.866. The van der Waals surface area contributed by atoms with E-state index < -0.39 is 23.0 Å². The molecule has 21 heavy (non-hydrogen) atoms. The Morgan fingerprint density at radius 1 is 1.29 bits per heavy atom. The molecular weight excluding hydrogens is 342 g/mol. The Morgan fingerprint density at radius 3 is 2.81 bits per heavy atom. The summed E-state index contributed by atoms with van der Waals surface area (Å²) in [6.07, 6.45) is 0.674. The molecule has 0 amide bonds. The Morgan fingerprint density at radius 2 is 2.05 bits per heavy atom. The molecule has 1 aliphatic rings. The molecule has 2 nitrogen and oxygen atoms in total. The number of ketones is 1. The highest BCUT2D eigenvalue weighted by Gasteiger charge is 2.27. The van der Waals surface area contributed by atoms with E-state index in [2.05, 4.69) is 15.9 Å². The molecule has 0 unspecified atom stereocenters. The Bertz CT molecular complexity index is 756. The Kier molecular flexibility index (Phi) is 3.53. The molecule has 0 aromatic heterocycles. The number of carbonyl (C=O) groups excluding carboxylic acids is 1. The number of carbonyl (C=O) groups is 1. The Hall–Kier alpha value is -1.75. The molecule has 5 heteroatoms. The number of hydrogen-bond acceptors (Lipinski definition) is 2. The van der Waals surface area contributed by atoms with Crippen molar-refractivity contribution >= 4 is 21.7 Å². The van der Waals surface area contributed by atoms with E-state index in [1.54, 1.807) is 0 Å². The van der Waals surface area contributed by atoms with Crippen molar-refractivity contribution in [1.29, 1.82) is 0 Å². The molecule has 0 bridgehead atoms. The first-order chi connectivity index (χ1) is 9.99. The minimum absolute atomic E-state index is 0.181. The van der Waals surface area contributed by atoms with Crippen molar-refractivity contribution in [2.75, 3.05) is 6.61 Å². The second-order valence-corrected chi connectivity index (χ2v) is 5.84. The average Bonchev–Trinajstić information content (AvgIpc) is 2.90. The molecule has 0 radical (unpaired) electrons. The monoisotopic (exact) mass is 352 g/mol. The van der Waals surface area contributed by atoms with Crippen LogP contribution in [0.2, 0.25) is 0 Å². The molecule has 0 fully saturated rings. The van der Waals surface area contributed by atoms with Crippen LogP contribution in [0.4, 0.5) is 8.78 Å². The molecule has 0 saturated carbocycles. The highest BCUT2D eigenvalue weighted by atomic mass is 79.9. The van der Waals surface area contributed by atoms with Crippen LogP contribution in [0.1, 0.15) is 27.0 Å². The van der Waals surface area contributed by atoms with Gasteiger partial charge in [-0.2, -0.15) is 0 Å². The van der Waals surface area contributed by atoms with Gasteiger partial charge < -0.3 is 4.74 Å². The van der Waals surface area contributed by atoms with E-state index in [9.17, 15) is 13.6 Å². The van der Waals surface area contributed by atoms with Gasteiger partial charge in [-0.05, 0) is 36.2 Å². The SMILES string of the molecule is Cc1ccc(F)c(C(=O)c2cc(Br)cc3c2OCC3)c1F. The van der Waals surface area contributed by atoms with Crippen LogP contribution in [0.3, 0.4) is 0 Å². The maximum atomic E-state index is 14.1. The summed E-state index contributed by atoms with van der Waals surface area (Å²) in [7, 11) is 0. The van der Waals surface area contributed by atoms with Crippen molar-refractivity contribution in [1.82, 2.24) is 0 Å². The number of rotatable bonds is 2. The van der Waals surface area contributed by atoms with Gasteiger partial charge in [0.2, 0.25) is 5.78 Å². The van der Waals surface area contributed by atoms with Crippen LogP contribution in [0.25, 0.3) is 0 Å². The van der Waals surface area contributed by atoms with Gasteiger partial charge in [0, 0.05) is 10.9 Å². The number of halogens is 3. The van der Waals surface area contributed by atoms with Gasteiger partial charge in [0.25, 0.3) is 0 Å². The second-order valence-electron chi connectivity index (χ2n) is 4.92. The van der Waals surface area contributed by atoms with Crippen molar-refractivity contribution in [2.45, 2.75) is 13.3 Å². The molecular formula is C16H11BrF2O2. The van der Waals surface area contributed by atoms with E-state index in [0.717, 1.165) is 11.6 Å². The number of benzene rings is 2. The molecule has 0 N–H and O–H groups in total. The lowest BCUT2D eigenvalue weighted by Gasteiger charge is -2.10. The lowest BCUT2D eigenvalue weighted by molar-refractivity contribution is 0.102. The first kappa shape index (κ1) is 14.2. The Labute approximate surface area is 128 Å². The van der Waals surface area contributed by atoms with Crippen molar-refractivity contribution in [3.8, 4) is 5.75 Å². The molecule has 2 aromatic rings. The van der Waals surface area contributed by atoms with Crippen LogP contribution >= 0.6 is 15.9 Å². The topological polar surface area (TPSA) is 26.3 Å². The van der Waals surface area contributed by atoms with Gasteiger partial charge in [-0.25, -0.2) is 8.78 Å². The highest BCUT2D eigenvalue weighted by Crippen LogP contribution is 2.35. The molecule has 108 valence electrons. The third-order valence-corrected chi connectivity index (χ3v) is 3.96. The Balaban J connectivity index is 2.19. The lowest BCUT2D eigenvalue weighted by atomic mass is 9.97. The van der Waals surface area contributed by atoms with Crippen LogP contribution in [-0.4, -0.2) is 12.4 Å². The third-order valence-electron chi connectivity index (χ3n) is 3.50. The summed E-state index contributed by atoms with van der Waals surface area (Å²) < 4.78 is 34.2. The quantitative estimate of drug-likeness (QED) is 0.757. The van der Waals surface area contributed by atoms with Crippen LogP contribution < -0.4 is 4.74 Å². The van der Waals surface area contributed by atoms with E-state index in [4.69, 9.17) is 4.74 Å². The molecule has 0 saturated heterocycles. The molecule has 1 aliphatic heterocycles. The minimum Gasteiger partial charge on any atom is -0.492 e. The molecule has 2 aromatic carbocycles. The highest BCUT2D eigenvalue weighted by molar-refractivity contribution is 9.10. The maximum absolute atomic E-state index is 14.1. The van der Waals surface area contributed by atoms with E-state index >= 15 is 0 Å². The molecule has 0 spiro atoms. The van der Waals surface area contributed by atoms with Gasteiger partial charge >= 0.3 is 0 Å². The summed E-state index contributed by atoms with van der Waals surface area (Å²) in [5.74, 6) is -1.97. The predicted molar refractivity (Wildman–Crippen MR) is 77.9 cm³/mol. The fourth-order valence-electron chi connectivity index (χ4n) is 2.44. The standard InChI is InChI=1S/C16H11BrF2O2/c1-8-2-3-12(18)13(14(8)19)15(20)11-7-10(17)6-9-4-5-21-16(9)11/h2-3,6-7H,4-5H2,1H3. The zero-order valence-electron chi connectivity index (χ0n) is 11.2. The van der Waals surface area contributed by atoms with E-state index in [-0.39, 0.29) is 11.1 Å². The zero-order chi connectivity index (χ0) is 15.1. The fourth-order valence-corrected chi connectivity index (χ4v) is 2.94. The van der Waals surface area contributed by atoms with Crippen molar-refractivity contribution in [2.24, 2.45) is 0 Å². The van der Waals surface area contributed by atoms with Gasteiger partial charge in [0.05, 0.1) is 17.7 Å². The average molecular weight is 353 g/mol. The van der Waals surface area contributed by atoms with Crippen LogP contribution in [0.5, 0.6) is 5.75 Å². The van der Waals surface area contributed by atoms with Gasteiger partial charge in [0.15, 0.2) is 0 Å². The van der Waals surface area contributed by atoms with E-state index in [1.165, 1.54) is 19.1 Å². The molecule has 3 rings (SSSR count). The van der Waals surface area contributed by atoms with Crippen molar-refractivity contribution in [3.05, 3.63) is 62.6 Å². The van der Waals surface area contributed by atoms with Gasteiger partial charge in [-0.1, -0.05) is 22.0 Å². The fraction of sp³-hybridized carbons (Fsp3) is 0.188. The van der Waals surface area contributed by atoms with Crippen LogP contribution in [-0.2, 0) is 6.42 Å². The first-order valence-electron chi connectivity index (χ1n) is 6.43. The lowest BCUT2D eigenvalue weighted by Crippen LogP contribution is -2.10. The van der Waals surface area contributed by atoms with Crippen LogP contribution in [0.15, 0.2) is 28.7 Å². The third kappa shape index (κ3) is 2.35. The number of ether oxygens (including phenoxy) is 1. The summed E-state index contributed by atoms with van der Waals surface area (Å²) in [4.78, 5) is 12.6. The van der Waals surface area contributed by atoms with Gasteiger partial charge in [0.1, 0.15) is 17.4 Å². The summed E-state index contributed by atoms with van der Waals surface area (Å²) in [5, 5.41) is 0. The van der Waals surface area contributed by atoms with Gasteiger partial charge in [-0.3, -0.25) is 4.79 Å². The summed E-state index contributed by atoms with van der Waals surface area (Å²) in [6, 6.07) is 5.80. The summed E-state index contributed by atoms with van der Waals surface area (Å²) in [5.41, 5.74) is 0.736. The second kappa shape index (κ2) is 5.22. The summed E-state index contributed by atoms with van der Waals surface area (Å²) >= 11 is 3.31. The predicted octanol–water partition coefficient (Wildman–Crippen LogP) is 4.20. The van der Waals surface area contributed by atoms with Gasteiger partial charge in [-0.15, -0.1) is 0 Å². The molecule has 0 atom stereocenters. The molecule has 0 aliphatic carbocycles. The van der Waals surface area contributed by atoms with Crippen molar-refractivity contribution < 1.29 is 18.3 Å². The molecule has 1 heterocycles. The van der Waals surface area contributed by atoms with E-state index in [1.807, 2.05) is 6.07 Å². The van der Waals surface area contributed by atoms with Crippen LogP contribution in [0, 0.1) is 18.6 Å². The normalized spacial score (nSPS) is 13.0.